The molecule has 94 valence electrons. The van der Waals surface area contributed by atoms with Crippen molar-refractivity contribution >= 4 is 5.97 Å². The molecule has 1 saturated carbocycles. The minimum absolute atomic E-state index is 0.156. The van der Waals surface area contributed by atoms with Crippen molar-refractivity contribution in [3.63, 3.8) is 0 Å². The minimum atomic E-state index is -0.769. The van der Waals surface area contributed by atoms with Gasteiger partial charge in [0.2, 0.25) is 0 Å². The summed E-state index contributed by atoms with van der Waals surface area (Å²) in [7, 11) is 0. The summed E-state index contributed by atoms with van der Waals surface area (Å²) >= 11 is 0. The molecule has 1 aromatic rings. The Morgan fingerprint density at radius 2 is 2.29 bits per heavy atom. The van der Waals surface area contributed by atoms with Gasteiger partial charge in [-0.15, -0.1) is 0 Å². The second kappa shape index (κ2) is 5.82. The normalized spacial score (nSPS) is 16.5. The van der Waals surface area contributed by atoms with E-state index < -0.39 is 5.97 Å². The van der Waals surface area contributed by atoms with Crippen LogP contribution < -0.4 is 5.32 Å². The summed E-state index contributed by atoms with van der Waals surface area (Å²) in [6, 6.07) is 2.58. The Labute approximate surface area is 101 Å². The van der Waals surface area contributed by atoms with Crippen LogP contribution in [0.2, 0.25) is 0 Å². The standard InChI is InChI=1S/C12H19N3O2/c16-12(17)5-7-13-9-10-6-8-15(14-10)11-3-1-2-4-11/h6,8,11,13H,1-5,7,9H2,(H,16,17). The van der Waals surface area contributed by atoms with Crippen LogP contribution in [0.1, 0.15) is 43.8 Å². The predicted molar refractivity (Wildman–Crippen MR) is 63.7 cm³/mol. The van der Waals surface area contributed by atoms with Crippen molar-refractivity contribution in [2.45, 2.75) is 44.7 Å². The van der Waals surface area contributed by atoms with Gasteiger partial charge in [0.25, 0.3) is 0 Å². The summed E-state index contributed by atoms with van der Waals surface area (Å²) in [5, 5.41) is 16.1. The van der Waals surface area contributed by atoms with Crippen molar-refractivity contribution in [2.24, 2.45) is 0 Å². The van der Waals surface area contributed by atoms with E-state index in [0.29, 0.717) is 19.1 Å². The van der Waals surface area contributed by atoms with Crippen molar-refractivity contribution in [1.29, 1.82) is 0 Å². The zero-order valence-electron chi connectivity index (χ0n) is 9.93. The first kappa shape index (κ1) is 12.1. The molecule has 1 aliphatic rings. The maximum Gasteiger partial charge on any atom is 0.304 e. The number of aromatic nitrogens is 2. The third kappa shape index (κ3) is 3.56. The molecule has 5 heteroatoms. The maximum absolute atomic E-state index is 10.3. The first-order valence-electron chi connectivity index (χ1n) is 6.22. The number of carboxylic acids is 1. The van der Waals surface area contributed by atoms with Crippen LogP contribution in [0.15, 0.2) is 12.3 Å². The lowest BCUT2D eigenvalue weighted by molar-refractivity contribution is -0.136. The van der Waals surface area contributed by atoms with E-state index in [2.05, 4.69) is 15.1 Å². The molecule has 2 rings (SSSR count). The van der Waals surface area contributed by atoms with Gasteiger partial charge >= 0.3 is 5.97 Å². The molecule has 0 aromatic carbocycles. The molecule has 1 aromatic heterocycles. The van der Waals surface area contributed by atoms with E-state index in [1.165, 1.54) is 25.7 Å². The highest BCUT2D eigenvalue weighted by molar-refractivity contribution is 5.66. The summed E-state index contributed by atoms with van der Waals surface area (Å²) in [6.45, 7) is 1.14. The summed E-state index contributed by atoms with van der Waals surface area (Å²) in [6.07, 6.45) is 7.25. The first-order chi connectivity index (χ1) is 8.25. The monoisotopic (exact) mass is 237 g/mol. The fourth-order valence-electron chi connectivity index (χ4n) is 2.26. The second-order valence-electron chi connectivity index (χ2n) is 4.55. The van der Waals surface area contributed by atoms with Gasteiger partial charge in [-0.25, -0.2) is 0 Å². The lowest BCUT2D eigenvalue weighted by atomic mass is 10.3. The van der Waals surface area contributed by atoms with Gasteiger partial charge in [-0.05, 0) is 18.9 Å². The molecule has 0 atom stereocenters. The zero-order chi connectivity index (χ0) is 12.1. The highest BCUT2D eigenvalue weighted by Crippen LogP contribution is 2.28. The van der Waals surface area contributed by atoms with Crippen molar-refractivity contribution in [3.8, 4) is 0 Å². The van der Waals surface area contributed by atoms with E-state index in [-0.39, 0.29) is 6.42 Å². The van der Waals surface area contributed by atoms with Gasteiger partial charge in [0.05, 0.1) is 18.2 Å². The first-order valence-corrected chi connectivity index (χ1v) is 6.22. The smallest absolute Gasteiger partial charge is 0.304 e. The Bertz CT molecular complexity index is 370. The van der Waals surface area contributed by atoms with Gasteiger partial charge in [0.1, 0.15) is 0 Å². The summed E-state index contributed by atoms with van der Waals surface area (Å²) < 4.78 is 2.06. The Balaban J connectivity index is 1.75. The van der Waals surface area contributed by atoms with Gasteiger partial charge in [0.15, 0.2) is 0 Å². The van der Waals surface area contributed by atoms with Crippen LogP contribution in [0, 0.1) is 0 Å². The van der Waals surface area contributed by atoms with Crippen LogP contribution in [0.5, 0.6) is 0 Å². The summed E-state index contributed by atoms with van der Waals surface area (Å²) in [5.41, 5.74) is 0.988. The van der Waals surface area contributed by atoms with Crippen molar-refractivity contribution in [2.75, 3.05) is 6.54 Å². The highest BCUT2D eigenvalue weighted by atomic mass is 16.4. The van der Waals surface area contributed by atoms with Crippen LogP contribution in [-0.2, 0) is 11.3 Å². The minimum Gasteiger partial charge on any atom is -0.481 e. The Hall–Kier alpha value is -1.36. The van der Waals surface area contributed by atoms with Gasteiger partial charge in [-0.2, -0.15) is 5.10 Å². The summed E-state index contributed by atoms with van der Waals surface area (Å²) in [4.78, 5) is 10.3. The number of rotatable bonds is 6. The zero-order valence-corrected chi connectivity index (χ0v) is 9.93. The van der Waals surface area contributed by atoms with E-state index in [1.807, 2.05) is 12.3 Å². The molecule has 17 heavy (non-hydrogen) atoms. The Morgan fingerprint density at radius 3 is 3.00 bits per heavy atom. The molecule has 0 aliphatic heterocycles. The molecule has 1 fully saturated rings. The molecule has 0 saturated heterocycles. The van der Waals surface area contributed by atoms with E-state index >= 15 is 0 Å². The second-order valence-corrected chi connectivity index (χ2v) is 4.55. The molecule has 0 radical (unpaired) electrons. The number of carboxylic acid groups (broad SMARTS) is 1. The van der Waals surface area contributed by atoms with Crippen LogP contribution in [-0.4, -0.2) is 27.4 Å². The van der Waals surface area contributed by atoms with E-state index in [9.17, 15) is 4.79 Å². The van der Waals surface area contributed by atoms with Crippen molar-refractivity contribution in [1.82, 2.24) is 15.1 Å². The van der Waals surface area contributed by atoms with Gasteiger partial charge in [-0.1, -0.05) is 12.8 Å². The average Bonchev–Trinajstić information content (AvgIpc) is 2.94. The Kier molecular flexibility index (Phi) is 4.14. The summed E-state index contributed by atoms with van der Waals surface area (Å²) in [5.74, 6) is -0.769. The van der Waals surface area contributed by atoms with Crippen molar-refractivity contribution < 1.29 is 9.90 Å². The quantitative estimate of drug-likeness (QED) is 0.737. The molecule has 5 nitrogen and oxygen atoms in total. The average molecular weight is 237 g/mol. The van der Waals surface area contributed by atoms with Gasteiger partial charge in [-0.3, -0.25) is 9.48 Å². The van der Waals surface area contributed by atoms with Gasteiger partial charge < -0.3 is 10.4 Å². The molecule has 1 heterocycles. The van der Waals surface area contributed by atoms with Crippen LogP contribution in [0.4, 0.5) is 0 Å². The maximum atomic E-state index is 10.3. The fraction of sp³-hybridized carbons (Fsp3) is 0.667. The van der Waals surface area contributed by atoms with Gasteiger partial charge in [0, 0.05) is 19.3 Å². The predicted octanol–water partition coefficient (Wildman–Crippen LogP) is 1.56. The third-order valence-electron chi connectivity index (χ3n) is 3.18. The molecular weight excluding hydrogens is 218 g/mol. The molecule has 1 aliphatic carbocycles. The van der Waals surface area contributed by atoms with Crippen LogP contribution >= 0.6 is 0 Å². The molecule has 0 bridgehead atoms. The number of nitrogens with one attached hydrogen (secondary N) is 1. The number of carbonyl (C=O) groups is 1. The number of hydrogen-bond donors (Lipinski definition) is 2. The molecule has 0 unspecified atom stereocenters. The number of hydrogen-bond acceptors (Lipinski definition) is 3. The topological polar surface area (TPSA) is 67.2 Å². The third-order valence-corrected chi connectivity index (χ3v) is 3.18. The van der Waals surface area contributed by atoms with Crippen molar-refractivity contribution in [3.05, 3.63) is 18.0 Å². The van der Waals surface area contributed by atoms with E-state index in [0.717, 1.165) is 5.69 Å². The fourth-order valence-corrected chi connectivity index (χ4v) is 2.26. The lowest BCUT2D eigenvalue weighted by Gasteiger charge is -2.08. The number of aliphatic carboxylic acids is 1. The molecular formula is C12H19N3O2. The Morgan fingerprint density at radius 1 is 1.53 bits per heavy atom. The van der Waals surface area contributed by atoms with Crippen LogP contribution in [0.25, 0.3) is 0 Å². The molecule has 2 N–H and O–H groups in total. The van der Waals surface area contributed by atoms with E-state index in [4.69, 9.17) is 5.11 Å². The number of nitrogens with zero attached hydrogens (tertiary/aromatic N) is 2. The molecule has 0 amide bonds. The lowest BCUT2D eigenvalue weighted by Crippen LogP contribution is -2.18. The highest BCUT2D eigenvalue weighted by Gasteiger charge is 2.17. The largest absolute Gasteiger partial charge is 0.481 e. The van der Waals surface area contributed by atoms with Crippen LogP contribution in [0.3, 0.4) is 0 Å². The SMILES string of the molecule is O=C(O)CCNCc1ccn(C2CCCC2)n1. The van der Waals surface area contributed by atoms with E-state index in [1.54, 1.807) is 0 Å². The molecule has 0 spiro atoms.